The van der Waals surface area contributed by atoms with Gasteiger partial charge in [0.05, 0.1) is 18.3 Å². The molecule has 2 bridgehead atoms. The monoisotopic (exact) mass is 799 g/mol. The molecule has 57 heavy (non-hydrogen) atoms. The molecule has 4 aliphatic rings. The van der Waals surface area contributed by atoms with E-state index in [2.05, 4.69) is 0 Å². The lowest BCUT2D eigenvalue weighted by atomic mass is 9.80. The van der Waals surface area contributed by atoms with Gasteiger partial charge in [-0.15, -0.1) is 0 Å². The summed E-state index contributed by atoms with van der Waals surface area (Å²) in [5, 5.41) is 54.9. The number of Topliss-reactive ketones (excluding diaryl/α,β-unsaturated/α-hetero) is 2. The lowest BCUT2D eigenvalue weighted by molar-refractivity contribution is -0.265. The van der Waals surface area contributed by atoms with E-state index in [0.29, 0.717) is 68.4 Å². The molecule has 1 saturated carbocycles. The maximum absolute atomic E-state index is 14.1. The fourth-order valence-corrected chi connectivity index (χ4v) is 8.83. The molecule has 2 saturated heterocycles. The minimum atomic E-state index is -2.44. The van der Waals surface area contributed by atoms with E-state index in [1.807, 2.05) is 26.0 Å². The highest BCUT2D eigenvalue weighted by molar-refractivity contribution is 6.39. The van der Waals surface area contributed by atoms with Crippen molar-refractivity contribution in [2.24, 2.45) is 29.6 Å². The van der Waals surface area contributed by atoms with Crippen LogP contribution in [0.3, 0.4) is 0 Å². The number of ketones is 2. The highest BCUT2D eigenvalue weighted by Gasteiger charge is 2.53. The van der Waals surface area contributed by atoms with E-state index >= 15 is 0 Å². The van der Waals surface area contributed by atoms with Gasteiger partial charge in [-0.25, -0.2) is 4.79 Å². The number of hydrogen-bond acceptors (Lipinski definition) is 11. The van der Waals surface area contributed by atoms with E-state index in [4.69, 9.17) is 9.47 Å². The Hall–Kier alpha value is -3.00. The first-order valence-electron chi connectivity index (χ1n) is 21.3. The van der Waals surface area contributed by atoms with Gasteiger partial charge >= 0.3 is 5.97 Å². The molecule has 12 nitrogen and oxygen atoms in total. The van der Waals surface area contributed by atoms with Crippen LogP contribution in [0.4, 0.5) is 0 Å². The van der Waals surface area contributed by atoms with Crippen LogP contribution in [-0.2, 0) is 28.7 Å². The van der Waals surface area contributed by atoms with Crippen molar-refractivity contribution in [3.05, 3.63) is 47.6 Å². The van der Waals surface area contributed by atoms with Crippen LogP contribution in [0.2, 0.25) is 0 Å². The van der Waals surface area contributed by atoms with Gasteiger partial charge < -0.3 is 39.9 Å². The number of cyclic esters (lactones) is 1. The van der Waals surface area contributed by atoms with Crippen LogP contribution in [0.15, 0.2) is 47.6 Å². The summed E-state index contributed by atoms with van der Waals surface area (Å²) in [7, 11) is 0. The van der Waals surface area contributed by atoms with Gasteiger partial charge in [-0.3, -0.25) is 14.4 Å². The summed E-state index contributed by atoms with van der Waals surface area (Å²) in [6.45, 7) is 10.8. The third-order valence-corrected chi connectivity index (χ3v) is 12.9. The number of hydrogen-bond donors (Lipinski definition) is 5. The molecule has 0 radical (unpaired) electrons. The minimum absolute atomic E-state index is 0.0171. The zero-order chi connectivity index (χ0) is 42.0. The van der Waals surface area contributed by atoms with Crippen LogP contribution in [0.1, 0.15) is 125 Å². The molecule has 1 amide bonds. The summed E-state index contributed by atoms with van der Waals surface area (Å²) < 4.78 is 12.2. The molecular weight excluding hydrogens is 730 g/mol. The topological polar surface area (TPSA) is 191 Å². The van der Waals surface area contributed by atoms with E-state index in [1.165, 1.54) is 4.90 Å². The standard InChI is InChI=1S/C45H69NO11/c1-27-12-8-7-9-13-28(2)37(48)26-35-21-16-32(6)45(55,57-35)42(52)43(53)46-23-11-10-14-36(46)44(54)56-38(30(4)25-33-17-19-34(47)20-18-33)22-15-29(3)39(49)41(51)40(50)31(5)24-27/h7-9,12-13,15,27,30-39,41,47-49,51,55H,10-11,14,16-26H2,1-6H3/b9-7+,12-8+,28-13+,29-15+/t27-,30-,31-,32-,33?,34?,35+,36+,37+,38+,39-,41-,45-/m1/s1. The number of aliphatic hydroxyl groups is 5. The Morgan fingerprint density at radius 1 is 0.842 bits per heavy atom. The van der Waals surface area contributed by atoms with E-state index < -0.39 is 77.6 Å². The molecule has 3 heterocycles. The third kappa shape index (κ3) is 12.5. The SMILES string of the molecule is C/C1=C\C[C@@H]([C@H](C)CC2CCC(O)CC2)OC(=O)[C@@H]2CCCCN2C(=O)C(=O)[C@]2(O)O[C@@H](CC[C@H]2C)C[C@H](O)/C(C)=C/C=C/C=C/[C@@H](C)C[C@@H](C)C(=O)[C@H](O)[C@@H]1O. The number of nitrogens with zero attached hydrogens (tertiary/aromatic N) is 1. The van der Waals surface area contributed by atoms with Gasteiger partial charge in [-0.05, 0) is 113 Å². The van der Waals surface area contributed by atoms with E-state index in [1.54, 1.807) is 52.0 Å². The van der Waals surface area contributed by atoms with E-state index in [-0.39, 0.29) is 43.7 Å². The number of piperidine rings is 1. The van der Waals surface area contributed by atoms with Gasteiger partial charge in [0.2, 0.25) is 5.79 Å². The van der Waals surface area contributed by atoms with Crippen molar-refractivity contribution in [2.45, 2.75) is 173 Å². The van der Waals surface area contributed by atoms with Crippen LogP contribution >= 0.6 is 0 Å². The summed E-state index contributed by atoms with van der Waals surface area (Å²) in [4.78, 5) is 56.5. The third-order valence-electron chi connectivity index (χ3n) is 12.9. The van der Waals surface area contributed by atoms with Gasteiger partial charge in [0.1, 0.15) is 24.4 Å². The zero-order valence-corrected chi connectivity index (χ0v) is 34.9. The number of carbonyl (C=O) groups is 4. The quantitative estimate of drug-likeness (QED) is 0.146. The average Bonchev–Trinajstić information content (AvgIpc) is 3.19. The van der Waals surface area contributed by atoms with Gasteiger partial charge in [0.25, 0.3) is 11.7 Å². The van der Waals surface area contributed by atoms with Gasteiger partial charge in [0.15, 0.2) is 5.78 Å². The number of carbonyl (C=O) groups excluding carboxylic acids is 4. The molecule has 320 valence electrons. The van der Waals surface area contributed by atoms with Crippen molar-refractivity contribution in [3.8, 4) is 0 Å². The fraction of sp³-hybridized carbons (Fsp3) is 0.733. The Bertz CT molecular complexity index is 1510. The van der Waals surface area contributed by atoms with Crippen LogP contribution < -0.4 is 0 Å². The molecule has 4 rings (SSSR count). The lowest BCUT2D eigenvalue weighted by Crippen LogP contribution is -2.60. The Kier molecular flexibility index (Phi) is 17.5. The van der Waals surface area contributed by atoms with Gasteiger partial charge in [0, 0.05) is 31.2 Å². The van der Waals surface area contributed by atoms with Gasteiger partial charge in [-0.2, -0.15) is 0 Å². The molecule has 5 N–H and O–H groups in total. The Morgan fingerprint density at radius 2 is 1.54 bits per heavy atom. The molecular formula is C45H69NO11. The van der Waals surface area contributed by atoms with Crippen LogP contribution in [0.25, 0.3) is 0 Å². The van der Waals surface area contributed by atoms with Gasteiger partial charge in [-0.1, -0.05) is 64.2 Å². The zero-order valence-electron chi connectivity index (χ0n) is 34.9. The first-order valence-corrected chi connectivity index (χ1v) is 21.3. The number of amides is 1. The molecule has 0 spiro atoms. The van der Waals surface area contributed by atoms with Crippen LogP contribution in [0, 0.1) is 29.6 Å². The fourth-order valence-electron chi connectivity index (χ4n) is 8.83. The van der Waals surface area contributed by atoms with Crippen molar-refractivity contribution < 1.29 is 54.2 Å². The van der Waals surface area contributed by atoms with Crippen LogP contribution in [-0.4, -0.2) is 109 Å². The summed E-state index contributed by atoms with van der Waals surface area (Å²) in [5.74, 6) is -6.89. The number of ether oxygens (including phenoxy) is 2. The molecule has 0 aromatic rings. The van der Waals surface area contributed by atoms with E-state index in [0.717, 1.165) is 12.8 Å². The predicted octanol–water partition coefficient (Wildman–Crippen LogP) is 5.04. The smallest absolute Gasteiger partial charge is 0.329 e. The minimum Gasteiger partial charge on any atom is -0.460 e. The Morgan fingerprint density at radius 3 is 2.25 bits per heavy atom. The molecule has 0 aromatic heterocycles. The molecule has 3 fully saturated rings. The maximum Gasteiger partial charge on any atom is 0.329 e. The maximum atomic E-state index is 14.1. The second kappa shape index (κ2) is 21.3. The van der Waals surface area contributed by atoms with Crippen molar-refractivity contribution in [1.29, 1.82) is 0 Å². The van der Waals surface area contributed by atoms with Crippen molar-refractivity contribution >= 4 is 23.4 Å². The average molecular weight is 800 g/mol. The second-order valence-electron chi connectivity index (χ2n) is 17.6. The molecule has 1 aliphatic carbocycles. The number of esters is 1. The molecule has 0 unspecified atom stereocenters. The highest BCUT2D eigenvalue weighted by Crippen LogP contribution is 2.37. The number of aliphatic hydroxyl groups excluding tert-OH is 4. The molecule has 12 heteroatoms. The van der Waals surface area contributed by atoms with Crippen molar-refractivity contribution in [3.63, 3.8) is 0 Å². The van der Waals surface area contributed by atoms with E-state index in [9.17, 15) is 44.7 Å². The number of allylic oxidation sites excluding steroid dienone is 5. The first kappa shape index (κ1) is 46.7. The lowest BCUT2D eigenvalue weighted by Gasteiger charge is -2.42. The second-order valence-corrected chi connectivity index (χ2v) is 17.6. The molecule has 0 aromatic carbocycles. The molecule has 3 aliphatic heterocycles. The largest absolute Gasteiger partial charge is 0.460 e. The van der Waals surface area contributed by atoms with Crippen molar-refractivity contribution in [2.75, 3.05) is 6.54 Å². The highest BCUT2D eigenvalue weighted by atomic mass is 16.6. The number of rotatable bonds is 3. The summed E-state index contributed by atoms with van der Waals surface area (Å²) in [6.07, 6.45) is 11.8. The number of fused-ring (bicyclic) bond motifs is 3. The summed E-state index contributed by atoms with van der Waals surface area (Å²) in [6, 6.07) is -1.08. The predicted molar refractivity (Wildman–Crippen MR) is 215 cm³/mol. The first-order chi connectivity index (χ1) is 26.9. The van der Waals surface area contributed by atoms with Crippen LogP contribution in [0.5, 0.6) is 0 Å². The summed E-state index contributed by atoms with van der Waals surface area (Å²) in [5.41, 5.74) is 0.989. The Labute approximate surface area is 339 Å². The Balaban J connectivity index is 1.65. The van der Waals surface area contributed by atoms with Crippen molar-refractivity contribution in [1.82, 2.24) is 4.90 Å². The summed E-state index contributed by atoms with van der Waals surface area (Å²) >= 11 is 0. The normalized spacial score (nSPS) is 41.3. The molecule has 11 atom stereocenters.